The molecule has 0 unspecified atom stereocenters. The van der Waals surface area contributed by atoms with Gasteiger partial charge in [-0.25, -0.2) is 4.79 Å². The lowest BCUT2D eigenvalue weighted by Gasteiger charge is -2.08. The molecule has 1 amide bonds. The van der Waals surface area contributed by atoms with Crippen LogP contribution < -0.4 is 26.0 Å². The molecule has 3 aromatic rings. The Morgan fingerprint density at radius 2 is 2.10 bits per heavy atom. The Kier molecular flexibility index (Phi) is 5.61. The smallest absolute Gasteiger partial charge is 0.328 e. The first-order chi connectivity index (χ1) is 14.5. The number of aryl methyl sites for hydroxylation is 1. The number of anilines is 1. The molecule has 1 aliphatic heterocycles. The fraction of sp³-hybridized carbons (Fsp3) is 0.316. The maximum Gasteiger partial charge on any atom is 0.328 e. The van der Waals surface area contributed by atoms with E-state index in [4.69, 9.17) is 9.47 Å². The molecule has 0 saturated carbocycles. The molecule has 0 fully saturated rings. The number of unbranched alkanes of at least 4 members (excludes halogenated alkanes) is 1. The number of carbonyl (C=O) groups excluding carboxylic acids is 1. The van der Waals surface area contributed by atoms with Gasteiger partial charge in [0.1, 0.15) is 10.6 Å². The van der Waals surface area contributed by atoms with E-state index in [1.54, 1.807) is 18.2 Å². The zero-order valence-corrected chi connectivity index (χ0v) is 17.0. The Morgan fingerprint density at radius 3 is 2.93 bits per heavy atom. The summed E-state index contributed by atoms with van der Waals surface area (Å²) in [6.45, 7) is 2.18. The lowest BCUT2D eigenvalue weighted by molar-refractivity contribution is 0.102. The summed E-state index contributed by atoms with van der Waals surface area (Å²) >= 11 is 1.26. The quantitative estimate of drug-likeness (QED) is 0.586. The minimum absolute atomic E-state index is 0.0219. The van der Waals surface area contributed by atoms with Crippen LogP contribution in [0.1, 0.15) is 40.7 Å². The summed E-state index contributed by atoms with van der Waals surface area (Å²) in [5, 5.41) is 11.7. The molecule has 0 radical (unpaired) electrons. The van der Waals surface area contributed by atoms with Crippen LogP contribution in [0.5, 0.6) is 11.5 Å². The normalized spacial score (nSPS) is 12.2. The van der Waals surface area contributed by atoms with Gasteiger partial charge >= 0.3 is 5.69 Å². The van der Waals surface area contributed by atoms with E-state index in [-0.39, 0.29) is 18.9 Å². The number of carbonyl (C=O) groups is 1. The second-order valence-corrected chi connectivity index (χ2v) is 7.71. The summed E-state index contributed by atoms with van der Waals surface area (Å²) in [6.07, 6.45) is 3.90. The number of ether oxygens (including phenoxy) is 2. The van der Waals surface area contributed by atoms with E-state index in [1.165, 1.54) is 11.3 Å². The first kappa shape index (κ1) is 19.8. The average Bonchev–Trinajstić information content (AvgIpc) is 3.38. The molecule has 2 N–H and O–H groups in total. The largest absolute Gasteiger partial charge is 0.454 e. The van der Waals surface area contributed by atoms with Crippen molar-refractivity contribution in [1.29, 1.82) is 0 Å². The van der Waals surface area contributed by atoms with Gasteiger partial charge in [-0.3, -0.25) is 19.5 Å². The van der Waals surface area contributed by atoms with E-state index < -0.39 is 17.2 Å². The number of aromatic amines is 1. The van der Waals surface area contributed by atoms with E-state index >= 15 is 0 Å². The van der Waals surface area contributed by atoms with Crippen molar-refractivity contribution in [2.75, 3.05) is 12.1 Å². The average molecular weight is 429 g/mol. The fourth-order valence-electron chi connectivity index (χ4n) is 2.94. The monoisotopic (exact) mass is 429 g/mol. The van der Waals surface area contributed by atoms with Crippen molar-refractivity contribution in [1.82, 2.24) is 19.7 Å². The third kappa shape index (κ3) is 4.10. The van der Waals surface area contributed by atoms with Crippen LogP contribution in [-0.4, -0.2) is 32.4 Å². The zero-order chi connectivity index (χ0) is 21.1. The third-order valence-corrected chi connectivity index (χ3v) is 5.41. The van der Waals surface area contributed by atoms with Gasteiger partial charge in [0.05, 0.1) is 6.54 Å². The summed E-state index contributed by atoms with van der Waals surface area (Å²) in [5.41, 5.74) is -0.855. The van der Waals surface area contributed by atoms with Crippen LogP contribution in [-0.2, 0) is 13.0 Å². The summed E-state index contributed by atoms with van der Waals surface area (Å²) in [5.74, 6) is 0.485. The highest BCUT2D eigenvalue weighted by molar-refractivity contribution is 7.15. The van der Waals surface area contributed by atoms with Crippen molar-refractivity contribution < 1.29 is 14.3 Å². The Hall–Kier alpha value is -3.47. The summed E-state index contributed by atoms with van der Waals surface area (Å²) in [6, 6.07) is 5.13. The van der Waals surface area contributed by atoms with E-state index in [2.05, 4.69) is 27.4 Å². The number of aromatic nitrogens is 4. The second kappa shape index (κ2) is 8.49. The van der Waals surface area contributed by atoms with Gasteiger partial charge in [0.15, 0.2) is 11.5 Å². The number of hydrogen-bond donors (Lipinski definition) is 2. The minimum Gasteiger partial charge on any atom is -0.454 e. The van der Waals surface area contributed by atoms with Crippen LogP contribution in [0.4, 0.5) is 5.13 Å². The van der Waals surface area contributed by atoms with Crippen molar-refractivity contribution >= 4 is 22.4 Å². The summed E-state index contributed by atoms with van der Waals surface area (Å²) in [7, 11) is 0. The van der Waals surface area contributed by atoms with Gasteiger partial charge in [-0.05, 0) is 24.1 Å². The van der Waals surface area contributed by atoms with E-state index in [1.807, 2.05) is 0 Å². The van der Waals surface area contributed by atoms with E-state index in [0.717, 1.165) is 35.0 Å². The Bertz CT molecular complexity index is 1200. The number of nitrogens with zero attached hydrogens (tertiary/aromatic N) is 3. The highest BCUT2D eigenvalue weighted by Gasteiger charge is 2.18. The Labute approximate surface area is 174 Å². The lowest BCUT2D eigenvalue weighted by Crippen LogP contribution is -2.39. The molecular formula is C19H19N5O5S. The number of rotatable bonds is 7. The van der Waals surface area contributed by atoms with Crippen molar-refractivity contribution in [3.8, 4) is 11.5 Å². The van der Waals surface area contributed by atoms with Gasteiger partial charge < -0.3 is 14.5 Å². The highest BCUT2D eigenvalue weighted by Crippen LogP contribution is 2.32. The molecule has 10 nitrogen and oxygen atoms in total. The predicted octanol–water partition coefficient (Wildman–Crippen LogP) is 1.76. The minimum atomic E-state index is -0.704. The third-order valence-electron chi connectivity index (χ3n) is 4.51. The first-order valence-corrected chi connectivity index (χ1v) is 10.2. The molecule has 0 bridgehead atoms. The molecule has 0 aliphatic carbocycles. The number of H-pyrrole nitrogens is 1. The van der Waals surface area contributed by atoms with Crippen LogP contribution in [0.25, 0.3) is 0 Å². The number of fused-ring (bicyclic) bond motifs is 1. The van der Waals surface area contributed by atoms with Gasteiger partial charge in [-0.2, -0.15) is 0 Å². The van der Waals surface area contributed by atoms with Crippen LogP contribution in [0, 0.1) is 0 Å². The van der Waals surface area contributed by atoms with Crippen LogP contribution >= 0.6 is 11.3 Å². The number of benzene rings is 1. The standard InChI is InChI=1S/C19H19N5O5S/c1-2-3-4-15-22-23-18(30-15)21-16(25)12-8-20-19(27)24(17(12)26)9-11-5-6-13-14(7-11)29-10-28-13/h5-8H,2-4,9-10H2,1H3,(H,20,27)(H,21,23,25). The molecule has 156 valence electrons. The van der Waals surface area contributed by atoms with Gasteiger partial charge in [0, 0.05) is 12.6 Å². The maximum absolute atomic E-state index is 12.8. The van der Waals surface area contributed by atoms with Gasteiger partial charge in [0.2, 0.25) is 11.9 Å². The number of amides is 1. The van der Waals surface area contributed by atoms with Crippen molar-refractivity contribution in [3.05, 3.63) is 61.4 Å². The van der Waals surface area contributed by atoms with Crippen LogP contribution in [0.3, 0.4) is 0 Å². The highest BCUT2D eigenvalue weighted by atomic mass is 32.1. The number of hydrogen-bond acceptors (Lipinski definition) is 8. The predicted molar refractivity (Wildman–Crippen MR) is 109 cm³/mol. The van der Waals surface area contributed by atoms with E-state index in [9.17, 15) is 14.4 Å². The molecule has 3 heterocycles. The van der Waals surface area contributed by atoms with Crippen molar-refractivity contribution in [2.45, 2.75) is 32.7 Å². The molecule has 2 aromatic heterocycles. The molecule has 1 aromatic carbocycles. The molecule has 0 atom stereocenters. The molecule has 30 heavy (non-hydrogen) atoms. The summed E-state index contributed by atoms with van der Waals surface area (Å²) < 4.78 is 11.5. The number of nitrogens with one attached hydrogen (secondary N) is 2. The van der Waals surface area contributed by atoms with Crippen molar-refractivity contribution in [2.24, 2.45) is 0 Å². The molecule has 4 rings (SSSR count). The molecule has 0 spiro atoms. The topological polar surface area (TPSA) is 128 Å². The first-order valence-electron chi connectivity index (χ1n) is 9.40. The van der Waals surface area contributed by atoms with Gasteiger partial charge in [-0.1, -0.05) is 30.7 Å². The Balaban J connectivity index is 1.55. The lowest BCUT2D eigenvalue weighted by atomic mass is 10.2. The fourth-order valence-corrected chi connectivity index (χ4v) is 3.71. The van der Waals surface area contributed by atoms with Crippen molar-refractivity contribution in [3.63, 3.8) is 0 Å². The Morgan fingerprint density at radius 1 is 1.27 bits per heavy atom. The van der Waals surface area contributed by atoms with Gasteiger partial charge in [0.25, 0.3) is 11.5 Å². The van der Waals surface area contributed by atoms with Gasteiger partial charge in [-0.15, -0.1) is 10.2 Å². The molecule has 11 heteroatoms. The summed E-state index contributed by atoms with van der Waals surface area (Å²) in [4.78, 5) is 40.0. The zero-order valence-electron chi connectivity index (χ0n) is 16.1. The van der Waals surface area contributed by atoms with Crippen LogP contribution in [0.2, 0.25) is 0 Å². The molecule has 0 saturated heterocycles. The SMILES string of the molecule is CCCCc1nnc(NC(=O)c2c[nH]c(=O)n(Cc3ccc4c(c3)OCO4)c2=O)s1. The molecule has 1 aliphatic rings. The van der Waals surface area contributed by atoms with Crippen LogP contribution in [0.15, 0.2) is 34.0 Å². The van der Waals surface area contributed by atoms with E-state index in [0.29, 0.717) is 22.2 Å². The molecular weight excluding hydrogens is 410 g/mol. The second-order valence-electron chi connectivity index (χ2n) is 6.65. The maximum atomic E-state index is 12.8.